The second-order valence-corrected chi connectivity index (χ2v) is 5.50. The van der Waals surface area contributed by atoms with Gasteiger partial charge in [0.2, 0.25) is 0 Å². The maximum atomic E-state index is 9.32. The number of anilines is 1. The van der Waals surface area contributed by atoms with Crippen LogP contribution in [0.25, 0.3) is 0 Å². The zero-order chi connectivity index (χ0) is 13.0. The zero-order valence-corrected chi connectivity index (χ0v) is 12.2. The Morgan fingerprint density at radius 2 is 2.33 bits per heavy atom. The van der Waals surface area contributed by atoms with Crippen LogP contribution in [0.4, 0.5) is 5.69 Å². The predicted molar refractivity (Wildman–Crippen MR) is 77.8 cm³/mol. The van der Waals surface area contributed by atoms with Gasteiger partial charge in [-0.1, -0.05) is 6.07 Å². The number of nitrogens with zero attached hydrogens (tertiary/aromatic N) is 2. The summed E-state index contributed by atoms with van der Waals surface area (Å²) in [5.41, 5.74) is 1.81. The predicted octanol–water partition coefficient (Wildman–Crippen LogP) is 2.90. The van der Waals surface area contributed by atoms with Gasteiger partial charge in [0.05, 0.1) is 11.3 Å². The molecule has 18 heavy (non-hydrogen) atoms. The van der Waals surface area contributed by atoms with Gasteiger partial charge in [-0.2, -0.15) is 5.26 Å². The number of nitrogens with one attached hydrogen (secondary N) is 1. The van der Waals surface area contributed by atoms with Crippen molar-refractivity contribution in [3.63, 3.8) is 0 Å². The first-order valence-corrected chi connectivity index (χ1v) is 7.17. The van der Waals surface area contributed by atoms with Crippen molar-refractivity contribution in [2.45, 2.75) is 25.3 Å². The first-order chi connectivity index (χ1) is 8.77. The van der Waals surface area contributed by atoms with Gasteiger partial charge in [-0.3, -0.25) is 0 Å². The molecule has 0 bridgehead atoms. The van der Waals surface area contributed by atoms with Crippen molar-refractivity contribution in [2.24, 2.45) is 0 Å². The van der Waals surface area contributed by atoms with Crippen molar-refractivity contribution < 1.29 is 0 Å². The van der Waals surface area contributed by atoms with Crippen molar-refractivity contribution in [2.75, 3.05) is 25.0 Å². The lowest BCUT2D eigenvalue weighted by molar-refractivity contribution is 0.446. The van der Waals surface area contributed by atoms with Crippen LogP contribution < -0.4 is 10.2 Å². The lowest BCUT2D eigenvalue weighted by atomic mass is 10.00. The molecule has 1 aliphatic rings. The van der Waals surface area contributed by atoms with Crippen LogP contribution in [0.2, 0.25) is 0 Å². The van der Waals surface area contributed by atoms with E-state index in [1.807, 2.05) is 19.2 Å². The minimum absolute atomic E-state index is 0.491. The molecule has 1 fully saturated rings. The number of benzene rings is 1. The van der Waals surface area contributed by atoms with E-state index in [1.54, 1.807) is 0 Å². The number of likely N-dealkylation sites (N-methyl/N-ethyl adjacent to an activating group) is 1. The summed E-state index contributed by atoms with van der Waals surface area (Å²) in [5.74, 6) is 0. The Labute approximate surface area is 117 Å². The lowest BCUT2D eigenvalue weighted by Crippen LogP contribution is -2.45. The smallest absolute Gasteiger partial charge is 0.103 e. The summed E-state index contributed by atoms with van der Waals surface area (Å²) in [5, 5.41) is 12.6. The van der Waals surface area contributed by atoms with Gasteiger partial charge in [-0.05, 0) is 54.4 Å². The first-order valence-electron chi connectivity index (χ1n) is 6.37. The number of hydrogen-bond acceptors (Lipinski definition) is 3. The summed E-state index contributed by atoms with van der Waals surface area (Å²) >= 11 is 3.47. The van der Waals surface area contributed by atoms with Crippen molar-refractivity contribution in [3.05, 3.63) is 28.2 Å². The Morgan fingerprint density at radius 1 is 1.50 bits per heavy atom. The molecule has 2 rings (SSSR count). The Balaban J connectivity index is 2.34. The van der Waals surface area contributed by atoms with Gasteiger partial charge in [0.15, 0.2) is 0 Å². The van der Waals surface area contributed by atoms with E-state index in [0.717, 1.165) is 28.8 Å². The van der Waals surface area contributed by atoms with Crippen LogP contribution in [0, 0.1) is 11.3 Å². The molecule has 0 aromatic heterocycles. The van der Waals surface area contributed by atoms with Crippen LogP contribution in [0.15, 0.2) is 22.7 Å². The molecule has 0 amide bonds. The molecule has 3 nitrogen and oxygen atoms in total. The van der Waals surface area contributed by atoms with Crippen LogP contribution in [0.3, 0.4) is 0 Å². The summed E-state index contributed by atoms with van der Waals surface area (Å²) in [6.45, 7) is 2.01. The van der Waals surface area contributed by atoms with Crippen molar-refractivity contribution in [3.8, 4) is 6.07 Å². The molecule has 1 aliphatic heterocycles. The average molecular weight is 308 g/mol. The van der Waals surface area contributed by atoms with Crippen LogP contribution in [0.5, 0.6) is 0 Å². The van der Waals surface area contributed by atoms with E-state index in [4.69, 9.17) is 0 Å². The average Bonchev–Trinajstić information content (AvgIpc) is 2.39. The summed E-state index contributed by atoms with van der Waals surface area (Å²) in [6, 6.07) is 8.79. The molecule has 1 N–H and O–H groups in total. The fourth-order valence-electron chi connectivity index (χ4n) is 2.63. The number of rotatable bonds is 3. The van der Waals surface area contributed by atoms with Crippen molar-refractivity contribution in [1.29, 1.82) is 5.26 Å². The topological polar surface area (TPSA) is 39.1 Å². The monoisotopic (exact) mass is 307 g/mol. The molecule has 0 spiro atoms. The number of hydrogen-bond donors (Lipinski definition) is 1. The fourth-order valence-corrected chi connectivity index (χ4v) is 3.07. The Hall–Kier alpha value is -1.05. The van der Waals surface area contributed by atoms with E-state index in [9.17, 15) is 5.26 Å². The van der Waals surface area contributed by atoms with Gasteiger partial charge in [0.25, 0.3) is 0 Å². The van der Waals surface area contributed by atoms with Crippen LogP contribution in [-0.4, -0.2) is 26.2 Å². The van der Waals surface area contributed by atoms with Crippen molar-refractivity contribution in [1.82, 2.24) is 5.32 Å². The Kier molecular flexibility index (Phi) is 4.62. The second kappa shape index (κ2) is 6.21. The van der Waals surface area contributed by atoms with E-state index in [2.05, 4.69) is 38.3 Å². The Morgan fingerprint density at radius 3 is 3.06 bits per heavy atom. The minimum Gasteiger partial charge on any atom is -0.366 e. The second-order valence-electron chi connectivity index (χ2n) is 4.65. The van der Waals surface area contributed by atoms with E-state index in [1.165, 1.54) is 19.3 Å². The summed E-state index contributed by atoms with van der Waals surface area (Å²) in [4.78, 5) is 2.38. The molecule has 1 saturated heterocycles. The normalized spacial score (nSPS) is 19.6. The molecule has 1 aromatic rings. The minimum atomic E-state index is 0.491. The fraction of sp³-hybridized carbons (Fsp3) is 0.500. The molecule has 1 aromatic carbocycles. The molecule has 1 atom stereocenters. The molecular formula is C14H18BrN3. The highest BCUT2D eigenvalue weighted by molar-refractivity contribution is 9.10. The summed E-state index contributed by atoms with van der Waals surface area (Å²) in [7, 11) is 1.99. The van der Waals surface area contributed by atoms with Gasteiger partial charge in [0, 0.05) is 23.6 Å². The molecule has 4 heteroatoms. The standard InChI is InChI=1S/C14H18BrN3/c1-17-10-11-5-2-3-8-18(11)14-7-4-6-13(15)12(14)9-16/h4,6-7,11,17H,2-3,5,8,10H2,1H3. The maximum absolute atomic E-state index is 9.32. The van der Waals surface area contributed by atoms with Crippen LogP contribution >= 0.6 is 15.9 Å². The van der Waals surface area contributed by atoms with E-state index < -0.39 is 0 Å². The highest BCUT2D eigenvalue weighted by Gasteiger charge is 2.24. The summed E-state index contributed by atoms with van der Waals surface area (Å²) < 4.78 is 0.885. The molecule has 1 unspecified atom stereocenters. The zero-order valence-electron chi connectivity index (χ0n) is 10.6. The highest BCUT2D eigenvalue weighted by Crippen LogP contribution is 2.31. The Bertz CT molecular complexity index is 451. The van der Waals surface area contributed by atoms with Crippen molar-refractivity contribution >= 4 is 21.6 Å². The van der Waals surface area contributed by atoms with Crippen LogP contribution in [-0.2, 0) is 0 Å². The largest absolute Gasteiger partial charge is 0.366 e. The number of halogens is 1. The first kappa shape index (κ1) is 13.4. The third-order valence-electron chi connectivity index (χ3n) is 3.48. The number of piperidine rings is 1. The quantitative estimate of drug-likeness (QED) is 0.933. The maximum Gasteiger partial charge on any atom is 0.103 e. The number of nitriles is 1. The molecule has 0 saturated carbocycles. The van der Waals surface area contributed by atoms with Gasteiger partial charge < -0.3 is 10.2 Å². The van der Waals surface area contributed by atoms with Gasteiger partial charge in [-0.25, -0.2) is 0 Å². The molecule has 96 valence electrons. The van der Waals surface area contributed by atoms with Gasteiger partial charge >= 0.3 is 0 Å². The molecule has 0 aliphatic carbocycles. The van der Waals surface area contributed by atoms with Gasteiger partial charge in [0.1, 0.15) is 6.07 Å². The molecular weight excluding hydrogens is 290 g/mol. The highest BCUT2D eigenvalue weighted by atomic mass is 79.9. The van der Waals surface area contributed by atoms with E-state index >= 15 is 0 Å². The van der Waals surface area contributed by atoms with E-state index in [0.29, 0.717) is 6.04 Å². The summed E-state index contributed by atoms with van der Waals surface area (Å²) in [6.07, 6.45) is 3.68. The molecule has 0 radical (unpaired) electrons. The SMILES string of the molecule is CNCC1CCCCN1c1cccc(Br)c1C#N. The third-order valence-corrected chi connectivity index (χ3v) is 4.14. The lowest BCUT2D eigenvalue weighted by Gasteiger charge is -2.38. The molecule has 1 heterocycles. The third kappa shape index (κ3) is 2.68. The van der Waals surface area contributed by atoms with Crippen LogP contribution in [0.1, 0.15) is 24.8 Å². The van der Waals surface area contributed by atoms with E-state index in [-0.39, 0.29) is 0 Å². The van der Waals surface area contributed by atoms with Gasteiger partial charge in [-0.15, -0.1) is 0 Å².